The highest BCUT2D eigenvalue weighted by molar-refractivity contribution is 5.76. The fraction of sp³-hybridized carbons (Fsp3) is 0.909. The summed E-state index contributed by atoms with van der Waals surface area (Å²) in [7, 11) is 0. The van der Waals surface area contributed by atoms with Crippen LogP contribution in [-0.4, -0.2) is 18.5 Å². The molecule has 0 heterocycles. The number of hydrogen-bond donors (Lipinski definition) is 2. The van der Waals surface area contributed by atoms with Gasteiger partial charge in [0.2, 0.25) is 5.91 Å². The minimum atomic E-state index is 0.173. The van der Waals surface area contributed by atoms with Crippen LogP contribution < -0.4 is 11.1 Å². The molecule has 3 unspecified atom stereocenters. The van der Waals surface area contributed by atoms with Gasteiger partial charge < -0.3 is 11.1 Å². The lowest BCUT2D eigenvalue weighted by atomic mass is 10.1. The molecule has 14 heavy (non-hydrogen) atoms. The third-order valence-electron chi connectivity index (χ3n) is 2.86. The molecule has 0 aliphatic heterocycles. The smallest absolute Gasteiger partial charge is 0.220 e. The summed E-state index contributed by atoms with van der Waals surface area (Å²) in [4.78, 5) is 11.4. The lowest BCUT2D eigenvalue weighted by molar-refractivity contribution is -0.122. The van der Waals surface area contributed by atoms with Gasteiger partial charge in [-0.2, -0.15) is 0 Å². The van der Waals surface area contributed by atoms with Crippen LogP contribution >= 0.6 is 0 Å². The van der Waals surface area contributed by atoms with E-state index >= 15 is 0 Å². The highest BCUT2D eigenvalue weighted by Gasteiger charge is 2.36. The number of carbonyl (C=O) groups excluding carboxylic acids is 1. The van der Waals surface area contributed by atoms with Crippen LogP contribution in [0.4, 0.5) is 0 Å². The maximum absolute atomic E-state index is 11.4. The molecular formula is C11H22N2O. The second-order valence-corrected chi connectivity index (χ2v) is 4.50. The molecule has 0 radical (unpaired) electrons. The summed E-state index contributed by atoms with van der Waals surface area (Å²) in [5, 5.41) is 3.06. The van der Waals surface area contributed by atoms with E-state index in [1.807, 2.05) is 6.92 Å². The SMILES string of the molecule is CCCC1CC1NC(=O)CC(C)CN. The van der Waals surface area contributed by atoms with Crippen molar-refractivity contribution in [3.05, 3.63) is 0 Å². The van der Waals surface area contributed by atoms with E-state index in [-0.39, 0.29) is 5.91 Å². The zero-order valence-corrected chi connectivity index (χ0v) is 9.25. The van der Waals surface area contributed by atoms with Crippen LogP contribution in [0, 0.1) is 11.8 Å². The lowest BCUT2D eigenvalue weighted by Gasteiger charge is -2.08. The summed E-state index contributed by atoms with van der Waals surface area (Å²) in [5.41, 5.74) is 5.46. The summed E-state index contributed by atoms with van der Waals surface area (Å²) < 4.78 is 0. The van der Waals surface area contributed by atoms with Gasteiger partial charge in [0, 0.05) is 12.5 Å². The van der Waals surface area contributed by atoms with Crippen LogP contribution in [0.25, 0.3) is 0 Å². The molecule has 3 atom stereocenters. The average Bonchev–Trinajstić information content (AvgIpc) is 2.83. The molecule has 1 aliphatic carbocycles. The van der Waals surface area contributed by atoms with Crippen LogP contribution in [0.1, 0.15) is 39.5 Å². The van der Waals surface area contributed by atoms with Crippen LogP contribution in [0.2, 0.25) is 0 Å². The van der Waals surface area contributed by atoms with E-state index in [1.165, 1.54) is 19.3 Å². The van der Waals surface area contributed by atoms with Gasteiger partial charge in [-0.3, -0.25) is 4.79 Å². The highest BCUT2D eigenvalue weighted by atomic mass is 16.1. The summed E-state index contributed by atoms with van der Waals surface area (Å²) in [6.45, 7) is 4.79. The van der Waals surface area contributed by atoms with Crippen molar-refractivity contribution in [2.45, 2.75) is 45.6 Å². The lowest BCUT2D eigenvalue weighted by Crippen LogP contribution is -2.29. The monoisotopic (exact) mass is 198 g/mol. The van der Waals surface area contributed by atoms with Crippen molar-refractivity contribution < 1.29 is 4.79 Å². The molecular weight excluding hydrogens is 176 g/mol. The summed E-state index contributed by atoms with van der Waals surface area (Å²) >= 11 is 0. The van der Waals surface area contributed by atoms with Gasteiger partial charge in [0.15, 0.2) is 0 Å². The van der Waals surface area contributed by atoms with Gasteiger partial charge in [-0.25, -0.2) is 0 Å². The maximum Gasteiger partial charge on any atom is 0.220 e. The molecule has 82 valence electrons. The maximum atomic E-state index is 11.4. The largest absolute Gasteiger partial charge is 0.353 e. The van der Waals surface area contributed by atoms with Crippen molar-refractivity contribution in [2.24, 2.45) is 17.6 Å². The Labute approximate surface area is 86.4 Å². The number of nitrogens with one attached hydrogen (secondary N) is 1. The van der Waals surface area contributed by atoms with Crippen molar-refractivity contribution in [1.29, 1.82) is 0 Å². The van der Waals surface area contributed by atoms with Gasteiger partial charge in [-0.1, -0.05) is 20.3 Å². The van der Waals surface area contributed by atoms with Gasteiger partial charge in [0.1, 0.15) is 0 Å². The summed E-state index contributed by atoms with van der Waals surface area (Å²) in [6, 6.07) is 0.465. The van der Waals surface area contributed by atoms with Crippen molar-refractivity contribution >= 4 is 5.91 Å². The van der Waals surface area contributed by atoms with Gasteiger partial charge in [-0.05, 0) is 31.2 Å². The Morgan fingerprint density at radius 2 is 2.36 bits per heavy atom. The van der Waals surface area contributed by atoms with E-state index in [2.05, 4.69) is 12.2 Å². The number of carbonyl (C=O) groups is 1. The zero-order chi connectivity index (χ0) is 10.6. The molecule has 0 aromatic carbocycles. The molecule has 1 aliphatic rings. The number of hydrogen-bond acceptors (Lipinski definition) is 2. The van der Waals surface area contributed by atoms with Crippen molar-refractivity contribution in [2.75, 3.05) is 6.54 Å². The molecule has 3 N–H and O–H groups in total. The molecule has 1 amide bonds. The normalized spacial score (nSPS) is 27.1. The average molecular weight is 198 g/mol. The molecule has 0 saturated heterocycles. The Morgan fingerprint density at radius 1 is 1.64 bits per heavy atom. The zero-order valence-electron chi connectivity index (χ0n) is 9.25. The second-order valence-electron chi connectivity index (χ2n) is 4.50. The predicted octanol–water partition coefficient (Wildman–Crippen LogP) is 1.28. The second kappa shape index (κ2) is 5.35. The van der Waals surface area contributed by atoms with E-state index in [4.69, 9.17) is 5.73 Å². The fourth-order valence-corrected chi connectivity index (χ4v) is 1.78. The van der Waals surface area contributed by atoms with Crippen molar-refractivity contribution in [3.8, 4) is 0 Å². The molecule has 3 nitrogen and oxygen atoms in total. The minimum Gasteiger partial charge on any atom is -0.353 e. The van der Waals surface area contributed by atoms with Crippen LogP contribution in [0.5, 0.6) is 0 Å². The number of rotatable bonds is 6. The number of nitrogens with two attached hydrogens (primary N) is 1. The Balaban J connectivity index is 2.10. The van der Waals surface area contributed by atoms with Crippen LogP contribution in [0.15, 0.2) is 0 Å². The van der Waals surface area contributed by atoms with Gasteiger partial charge in [0.05, 0.1) is 0 Å². The van der Waals surface area contributed by atoms with E-state index < -0.39 is 0 Å². The molecule has 1 rings (SSSR count). The van der Waals surface area contributed by atoms with E-state index in [1.54, 1.807) is 0 Å². The molecule has 1 fully saturated rings. The van der Waals surface area contributed by atoms with E-state index in [9.17, 15) is 4.79 Å². The topological polar surface area (TPSA) is 55.1 Å². The Bertz CT molecular complexity index is 194. The first-order chi connectivity index (χ1) is 6.67. The molecule has 0 bridgehead atoms. The Morgan fingerprint density at radius 3 is 2.93 bits per heavy atom. The first-order valence-corrected chi connectivity index (χ1v) is 5.66. The third kappa shape index (κ3) is 3.66. The van der Waals surface area contributed by atoms with Crippen LogP contribution in [-0.2, 0) is 4.79 Å². The first kappa shape index (κ1) is 11.5. The highest BCUT2D eigenvalue weighted by Crippen LogP contribution is 2.34. The standard InChI is InChI=1S/C11H22N2O/c1-3-4-9-6-10(9)13-11(14)5-8(2)7-12/h8-10H,3-7,12H2,1-2H3,(H,13,14). The number of amides is 1. The van der Waals surface area contributed by atoms with E-state index in [0.717, 1.165) is 5.92 Å². The molecule has 1 saturated carbocycles. The fourth-order valence-electron chi connectivity index (χ4n) is 1.78. The molecule has 0 aromatic rings. The first-order valence-electron chi connectivity index (χ1n) is 5.66. The Kier molecular flexibility index (Phi) is 4.39. The molecule has 0 spiro atoms. The summed E-state index contributed by atoms with van der Waals surface area (Å²) in [5.74, 6) is 1.22. The minimum absolute atomic E-state index is 0.173. The molecule has 3 heteroatoms. The predicted molar refractivity (Wildman–Crippen MR) is 57.8 cm³/mol. The van der Waals surface area contributed by atoms with Gasteiger partial charge in [-0.15, -0.1) is 0 Å². The van der Waals surface area contributed by atoms with Gasteiger partial charge >= 0.3 is 0 Å². The third-order valence-corrected chi connectivity index (χ3v) is 2.86. The van der Waals surface area contributed by atoms with Gasteiger partial charge in [0.25, 0.3) is 0 Å². The van der Waals surface area contributed by atoms with Crippen LogP contribution in [0.3, 0.4) is 0 Å². The summed E-state index contributed by atoms with van der Waals surface area (Å²) in [6.07, 6.45) is 4.22. The van der Waals surface area contributed by atoms with Crippen molar-refractivity contribution in [3.63, 3.8) is 0 Å². The quantitative estimate of drug-likeness (QED) is 0.675. The molecule has 0 aromatic heterocycles. The van der Waals surface area contributed by atoms with E-state index in [0.29, 0.717) is 24.9 Å². The van der Waals surface area contributed by atoms with Crippen molar-refractivity contribution in [1.82, 2.24) is 5.32 Å². The Hall–Kier alpha value is -0.570.